The molecule has 5 nitrogen and oxygen atoms in total. The minimum Gasteiger partial charge on any atom is -0.355 e. The molecule has 1 saturated heterocycles. The van der Waals surface area contributed by atoms with Crippen LogP contribution in [-0.4, -0.2) is 47.0 Å². The maximum Gasteiger partial charge on any atom is 0.157 e. The van der Waals surface area contributed by atoms with Crippen LogP contribution in [0.3, 0.4) is 0 Å². The molecule has 0 atom stereocenters. The molecule has 5 rings (SSSR count). The Bertz CT molecular complexity index is 1050. The van der Waals surface area contributed by atoms with Gasteiger partial charge >= 0.3 is 0 Å². The number of para-hydroxylation sites is 2. The molecular weight excluding hydrogens is 334 g/mol. The van der Waals surface area contributed by atoms with Crippen LogP contribution in [0.15, 0.2) is 24.3 Å². The van der Waals surface area contributed by atoms with Crippen molar-refractivity contribution in [3.05, 3.63) is 41.0 Å². The predicted octanol–water partition coefficient (Wildman–Crippen LogP) is 3.38. The number of hydrogen-bond donors (Lipinski definition) is 0. The van der Waals surface area contributed by atoms with Gasteiger partial charge in [-0.15, -0.1) is 0 Å². The highest BCUT2D eigenvalue weighted by Crippen LogP contribution is 2.37. The molecule has 2 aromatic heterocycles. The van der Waals surface area contributed by atoms with Crippen molar-refractivity contribution in [1.29, 1.82) is 5.26 Å². The Hall–Kier alpha value is -2.58. The molecule has 27 heavy (non-hydrogen) atoms. The van der Waals surface area contributed by atoms with Crippen LogP contribution >= 0.6 is 0 Å². The van der Waals surface area contributed by atoms with Crippen LogP contribution in [0.2, 0.25) is 0 Å². The molecular formula is C22H25N5. The second kappa shape index (κ2) is 6.54. The third-order valence-electron chi connectivity index (χ3n) is 6.27. The van der Waals surface area contributed by atoms with E-state index in [1.165, 1.54) is 29.8 Å². The lowest BCUT2D eigenvalue weighted by atomic mass is 9.88. The fraction of sp³-hybridized carbons (Fsp3) is 0.455. The SMILES string of the molecule is CCN1CCN(c2c3c(c(C#N)c4nc5ccccc5n24)CCCC3)CC1. The van der Waals surface area contributed by atoms with Crippen LogP contribution in [0.4, 0.5) is 5.82 Å². The molecule has 3 aromatic rings. The summed E-state index contributed by atoms with van der Waals surface area (Å²) in [5, 5.41) is 9.96. The van der Waals surface area contributed by atoms with Gasteiger partial charge in [0.25, 0.3) is 0 Å². The van der Waals surface area contributed by atoms with Crippen molar-refractivity contribution in [3.63, 3.8) is 0 Å². The van der Waals surface area contributed by atoms with E-state index in [9.17, 15) is 5.26 Å². The van der Waals surface area contributed by atoms with Crippen molar-refractivity contribution < 1.29 is 0 Å². The van der Waals surface area contributed by atoms with Crippen LogP contribution in [-0.2, 0) is 12.8 Å². The molecule has 0 bridgehead atoms. The molecule has 0 radical (unpaired) electrons. The summed E-state index contributed by atoms with van der Waals surface area (Å²) in [4.78, 5) is 9.93. The molecule has 0 amide bonds. The van der Waals surface area contributed by atoms with Crippen molar-refractivity contribution in [2.45, 2.75) is 32.6 Å². The van der Waals surface area contributed by atoms with Gasteiger partial charge in [0.15, 0.2) is 5.65 Å². The fourth-order valence-corrected chi connectivity index (χ4v) is 4.83. The van der Waals surface area contributed by atoms with E-state index >= 15 is 0 Å². The van der Waals surface area contributed by atoms with Gasteiger partial charge in [0.2, 0.25) is 0 Å². The summed E-state index contributed by atoms with van der Waals surface area (Å²) >= 11 is 0. The molecule has 0 spiro atoms. The van der Waals surface area contributed by atoms with Gasteiger partial charge in [-0.25, -0.2) is 4.98 Å². The summed E-state index contributed by atoms with van der Waals surface area (Å²) in [5.74, 6) is 1.29. The maximum atomic E-state index is 9.96. The zero-order valence-corrected chi connectivity index (χ0v) is 15.9. The molecule has 1 fully saturated rings. The molecule has 3 heterocycles. The van der Waals surface area contributed by atoms with Crippen molar-refractivity contribution in [3.8, 4) is 6.07 Å². The van der Waals surface area contributed by atoms with Crippen molar-refractivity contribution in [1.82, 2.24) is 14.3 Å². The lowest BCUT2D eigenvalue weighted by Gasteiger charge is -2.38. The number of likely N-dealkylation sites (N-methyl/N-ethyl adjacent to an activating group) is 1. The van der Waals surface area contributed by atoms with Gasteiger partial charge in [-0.3, -0.25) is 4.40 Å². The number of hydrogen-bond acceptors (Lipinski definition) is 4. The number of nitrogens with zero attached hydrogens (tertiary/aromatic N) is 5. The van der Waals surface area contributed by atoms with E-state index in [0.29, 0.717) is 0 Å². The standard InChI is InChI=1S/C22H25N5/c1-2-25-11-13-26(14-12-25)22-17-8-4-3-7-16(17)18(15-23)21-24-19-9-5-6-10-20(19)27(21)22/h5-6,9-10H,2-4,7-8,11-14H2,1H3. The van der Waals surface area contributed by atoms with Gasteiger partial charge in [-0.1, -0.05) is 19.1 Å². The first-order chi connectivity index (χ1) is 13.3. The summed E-state index contributed by atoms with van der Waals surface area (Å²) < 4.78 is 2.28. The predicted molar refractivity (Wildman–Crippen MR) is 108 cm³/mol. The second-order valence-electron chi connectivity index (χ2n) is 7.66. The van der Waals surface area contributed by atoms with E-state index in [0.717, 1.165) is 67.8 Å². The van der Waals surface area contributed by atoms with Gasteiger partial charge in [-0.05, 0) is 55.5 Å². The lowest BCUT2D eigenvalue weighted by molar-refractivity contribution is 0.270. The molecule has 2 aliphatic rings. The van der Waals surface area contributed by atoms with Crippen LogP contribution in [0.5, 0.6) is 0 Å². The van der Waals surface area contributed by atoms with E-state index in [1.807, 2.05) is 6.07 Å². The van der Waals surface area contributed by atoms with Crippen LogP contribution in [0.1, 0.15) is 36.5 Å². The quantitative estimate of drug-likeness (QED) is 0.704. The van der Waals surface area contributed by atoms with E-state index < -0.39 is 0 Å². The van der Waals surface area contributed by atoms with Crippen LogP contribution in [0, 0.1) is 11.3 Å². The second-order valence-corrected chi connectivity index (χ2v) is 7.66. The van der Waals surface area contributed by atoms with E-state index in [4.69, 9.17) is 4.98 Å². The molecule has 1 aliphatic carbocycles. The summed E-state index contributed by atoms with van der Waals surface area (Å²) in [5.41, 5.74) is 6.36. The molecule has 0 saturated carbocycles. The van der Waals surface area contributed by atoms with Gasteiger partial charge in [-0.2, -0.15) is 5.26 Å². The average Bonchev–Trinajstić information content (AvgIpc) is 3.11. The van der Waals surface area contributed by atoms with Crippen molar-refractivity contribution in [2.75, 3.05) is 37.6 Å². The first kappa shape index (κ1) is 16.6. The third kappa shape index (κ3) is 2.51. The highest BCUT2D eigenvalue weighted by atomic mass is 15.3. The number of fused-ring (bicyclic) bond motifs is 4. The topological polar surface area (TPSA) is 47.6 Å². The Morgan fingerprint density at radius 3 is 2.52 bits per heavy atom. The molecule has 0 N–H and O–H groups in total. The zero-order chi connectivity index (χ0) is 18.4. The smallest absolute Gasteiger partial charge is 0.157 e. The van der Waals surface area contributed by atoms with Gasteiger partial charge in [0, 0.05) is 26.2 Å². The molecule has 138 valence electrons. The molecule has 0 unspecified atom stereocenters. The number of benzene rings is 1. The minimum absolute atomic E-state index is 0.789. The summed E-state index contributed by atoms with van der Waals surface area (Å²) in [6.07, 6.45) is 4.44. The minimum atomic E-state index is 0.789. The highest BCUT2D eigenvalue weighted by Gasteiger charge is 2.28. The number of pyridine rings is 1. The average molecular weight is 359 g/mol. The highest BCUT2D eigenvalue weighted by molar-refractivity contribution is 5.86. The normalized spacial score (nSPS) is 18.0. The first-order valence-corrected chi connectivity index (χ1v) is 10.1. The molecule has 1 aliphatic heterocycles. The molecule has 1 aromatic carbocycles. The molecule has 5 heteroatoms. The number of rotatable bonds is 2. The number of nitriles is 1. The Labute approximate surface area is 159 Å². The summed E-state index contributed by atoms with van der Waals surface area (Å²) in [6, 6.07) is 10.8. The number of imidazole rings is 1. The first-order valence-electron chi connectivity index (χ1n) is 10.1. The van der Waals surface area contributed by atoms with E-state index in [-0.39, 0.29) is 0 Å². The van der Waals surface area contributed by atoms with Crippen molar-refractivity contribution in [2.24, 2.45) is 0 Å². The number of anilines is 1. The van der Waals surface area contributed by atoms with Gasteiger partial charge in [0.05, 0.1) is 16.6 Å². The number of piperazine rings is 1. The van der Waals surface area contributed by atoms with E-state index in [1.54, 1.807) is 0 Å². The van der Waals surface area contributed by atoms with Crippen molar-refractivity contribution >= 4 is 22.5 Å². The largest absolute Gasteiger partial charge is 0.355 e. The van der Waals surface area contributed by atoms with Gasteiger partial charge < -0.3 is 9.80 Å². The van der Waals surface area contributed by atoms with Crippen LogP contribution < -0.4 is 4.90 Å². The Morgan fingerprint density at radius 1 is 1.04 bits per heavy atom. The van der Waals surface area contributed by atoms with E-state index in [2.05, 4.69) is 45.4 Å². The monoisotopic (exact) mass is 359 g/mol. The Kier molecular flexibility index (Phi) is 4.02. The number of aromatic nitrogens is 2. The van der Waals surface area contributed by atoms with Gasteiger partial charge in [0.1, 0.15) is 11.9 Å². The Balaban J connectivity index is 1.81. The summed E-state index contributed by atoms with van der Waals surface area (Å²) in [7, 11) is 0. The maximum absolute atomic E-state index is 9.96. The zero-order valence-electron chi connectivity index (χ0n) is 15.9. The Morgan fingerprint density at radius 2 is 1.78 bits per heavy atom. The fourth-order valence-electron chi connectivity index (χ4n) is 4.83. The van der Waals surface area contributed by atoms with Crippen LogP contribution in [0.25, 0.3) is 16.7 Å². The lowest BCUT2D eigenvalue weighted by Crippen LogP contribution is -2.47. The summed E-state index contributed by atoms with van der Waals surface area (Å²) in [6.45, 7) is 7.61. The third-order valence-corrected chi connectivity index (χ3v) is 6.27.